The number of hydrogen-bond donors (Lipinski definition) is 3. The van der Waals surface area contributed by atoms with Gasteiger partial charge in [-0.2, -0.15) is 0 Å². The zero-order chi connectivity index (χ0) is 26.5. The van der Waals surface area contributed by atoms with Crippen molar-refractivity contribution < 1.29 is 38.2 Å². The molecule has 37 heavy (non-hydrogen) atoms. The number of aryl methyl sites for hydroxylation is 1. The van der Waals surface area contributed by atoms with Crippen LogP contribution in [0.2, 0.25) is 0 Å². The van der Waals surface area contributed by atoms with Crippen LogP contribution >= 0.6 is 0 Å². The molecule has 0 aliphatic carbocycles. The number of rotatable bonds is 9. The summed E-state index contributed by atoms with van der Waals surface area (Å²) in [4.78, 5) is 63.6. The number of Topliss-reactive ketones (excluding diaryl/α,β-unsaturated/α-hetero) is 1. The van der Waals surface area contributed by atoms with Gasteiger partial charge in [-0.1, -0.05) is 48.5 Å². The Balaban J connectivity index is 1.52. The molecule has 2 aliphatic heterocycles. The Hall–Kier alpha value is -4.28. The van der Waals surface area contributed by atoms with Gasteiger partial charge in [-0.15, -0.1) is 0 Å². The Morgan fingerprint density at radius 3 is 2.51 bits per heavy atom. The number of nitrogens with zero attached hydrogens (tertiary/aromatic N) is 1. The van der Waals surface area contributed by atoms with Crippen molar-refractivity contribution >= 4 is 35.3 Å². The second-order valence-corrected chi connectivity index (χ2v) is 8.91. The molecule has 0 fully saturated rings. The molecule has 0 aromatic heterocycles. The molecule has 0 spiro atoms. The Bertz CT molecular complexity index is 1220. The predicted molar refractivity (Wildman–Crippen MR) is 128 cm³/mol. The molecular weight excluding hydrogens is 485 g/mol. The van der Waals surface area contributed by atoms with Crippen LogP contribution in [0.1, 0.15) is 29.5 Å². The summed E-state index contributed by atoms with van der Waals surface area (Å²) in [6.07, 6.45) is -0.738. The number of ketones is 1. The van der Waals surface area contributed by atoms with Gasteiger partial charge in [0.1, 0.15) is 31.4 Å². The number of nitrogens with one attached hydrogen (secondary N) is 2. The average molecular weight is 512 g/mol. The fraction of sp³-hybridized carbons (Fsp3) is 0.346. The van der Waals surface area contributed by atoms with E-state index in [1.54, 1.807) is 36.4 Å². The first-order valence-corrected chi connectivity index (χ1v) is 11.8. The third-order valence-corrected chi connectivity index (χ3v) is 6.43. The summed E-state index contributed by atoms with van der Waals surface area (Å²) >= 11 is 0. The molecule has 11 heteroatoms. The highest BCUT2D eigenvalue weighted by atomic mass is 19.1. The van der Waals surface area contributed by atoms with Crippen LogP contribution in [0.15, 0.2) is 48.5 Å². The number of halogens is 1. The highest BCUT2D eigenvalue weighted by Gasteiger charge is 2.44. The van der Waals surface area contributed by atoms with Gasteiger partial charge >= 0.3 is 12.1 Å². The van der Waals surface area contributed by atoms with Crippen LogP contribution in [0.3, 0.4) is 0 Å². The maximum atomic E-state index is 13.6. The van der Waals surface area contributed by atoms with Crippen molar-refractivity contribution in [3.05, 3.63) is 65.2 Å². The summed E-state index contributed by atoms with van der Waals surface area (Å²) in [5.74, 6) is -3.77. The largest absolute Gasteiger partial charge is 0.481 e. The molecule has 0 radical (unpaired) electrons. The molecule has 194 valence electrons. The van der Waals surface area contributed by atoms with Crippen molar-refractivity contribution in [1.29, 1.82) is 0 Å². The number of aliphatic carboxylic acids is 1. The zero-order valence-electron chi connectivity index (χ0n) is 19.8. The number of hydrogen-bond acceptors (Lipinski definition) is 6. The van der Waals surface area contributed by atoms with E-state index in [2.05, 4.69) is 10.6 Å². The van der Waals surface area contributed by atoms with Crippen LogP contribution in [-0.4, -0.2) is 59.6 Å². The van der Waals surface area contributed by atoms with Gasteiger partial charge < -0.3 is 20.5 Å². The number of carbonyl (C=O) groups excluding carboxylic acids is 4. The van der Waals surface area contributed by atoms with E-state index in [0.29, 0.717) is 12.1 Å². The van der Waals surface area contributed by atoms with E-state index in [1.807, 2.05) is 12.1 Å². The highest BCUT2D eigenvalue weighted by Crippen LogP contribution is 2.39. The quantitative estimate of drug-likeness (QED) is 0.465. The first-order chi connectivity index (χ1) is 17.8. The van der Waals surface area contributed by atoms with Gasteiger partial charge in [0.2, 0.25) is 11.8 Å². The van der Waals surface area contributed by atoms with Crippen LogP contribution in [0.4, 0.5) is 14.9 Å². The standard InChI is InChI=1S/C26H26FN3O7/c27-13-21(31)19(12-22(32)33)28-24(34)20-11-17-8-4-7-16-9-10-18(25(35)30(20)23(16)17)29-26(36)37-14-15-5-2-1-3-6-15/h1-8,18-20H,9-14H2,(H,28,34)(H,29,36)(H,32,33)/t18-,19?,20-/m0/s1. The minimum Gasteiger partial charge on any atom is -0.481 e. The van der Waals surface area contributed by atoms with Gasteiger partial charge in [0, 0.05) is 6.42 Å². The average Bonchev–Trinajstić information content (AvgIpc) is 3.23. The van der Waals surface area contributed by atoms with Crippen molar-refractivity contribution in [2.24, 2.45) is 0 Å². The van der Waals surface area contributed by atoms with Gasteiger partial charge in [0.15, 0.2) is 5.78 Å². The molecule has 3 amide bonds. The van der Waals surface area contributed by atoms with Crippen molar-refractivity contribution in [3.8, 4) is 0 Å². The summed E-state index contributed by atoms with van der Waals surface area (Å²) < 4.78 is 18.2. The van der Waals surface area contributed by atoms with Gasteiger partial charge in [-0.3, -0.25) is 24.1 Å². The van der Waals surface area contributed by atoms with Crippen molar-refractivity contribution in [3.63, 3.8) is 0 Å². The van der Waals surface area contributed by atoms with Gasteiger partial charge in [-0.05, 0) is 29.5 Å². The number of carbonyl (C=O) groups is 5. The number of carboxylic acid groups (broad SMARTS) is 1. The number of amides is 3. The number of anilines is 1. The molecular formula is C26H26FN3O7. The molecule has 0 saturated carbocycles. The molecule has 4 rings (SSSR count). The van der Waals surface area contributed by atoms with E-state index >= 15 is 0 Å². The topological polar surface area (TPSA) is 142 Å². The summed E-state index contributed by atoms with van der Waals surface area (Å²) in [6.45, 7) is -1.42. The molecule has 2 aromatic carbocycles. The van der Waals surface area contributed by atoms with Gasteiger partial charge in [-0.25, -0.2) is 9.18 Å². The SMILES string of the molecule is O=C(O)CC(NC(=O)[C@@H]1Cc2cccc3c2N1C(=O)[C@@H](NC(=O)OCc1ccccc1)CC3)C(=O)CF. The van der Waals surface area contributed by atoms with E-state index in [1.165, 1.54) is 4.90 Å². The van der Waals surface area contributed by atoms with E-state index in [0.717, 1.165) is 16.7 Å². The Labute approximate surface area is 211 Å². The summed E-state index contributed by atoms with van der Waals surface area (Å²) in [7, 11) is 0. The first kappa shape index (κ1) is 25.8. The number of para-hydroxylation sites is 1. The van der Waals surface area contributed by atoms with E-state index < -0.39 is 60.9 Å². The first-order valence-electron chi connectivity index (χ1n) is 11.8. The van der Waals surface area contributed by atoms with Crippen LogP contribution in [-0.2, 0) is 43.4 Å². The summed E-state index contributed by atoms with van der Waals surface area (Å²) in [5.41, 5.74) is 2.87. The lowest BCUT2D eigenvalue weighted by Crippen LogP contribution is -2.56. The molecule has 10 nitrogen and oxygen atoms in total. The molecule has 3 atom stereocenters. The molecule has 1 unspecified atom stereocenters. The van der Waals surface area contributed by atoms with Gasteiger partial charge in [0.25, 0.3) is 0 Å². The lowest BCUT2D eigenvalue weighted by molar-refractivity contribution is -0.140. The third kappa shape index (κ3) is 5.76. The Morgan fingerprint density at radius 1 is 1.08 bits per heavy atom. The summed E-state index contributed by atoms with van der Waals surface area (Å²) in [6, 6.07) is 10.8. The molecule has 0 bridgehead atoms. The smallest absolute Gasteiger partial charge is 0.408 e. The van der Waals surface area contributed by atoms with E-state index in [-0.39, 0.29) is 19.4 Å². The van der Waals surface area contributed by atoms with Crippen molar-refractivity contribution in [1.82, 2.24) is 10.6 Å². The Kier molecular flexibility index (Phi) is 7.80. The number of alkyl carbamates (subject to hydrolysis) is 1. The van der Waals surface area contributed by atoms with Crippen LogP contribution in [0.5, 0.6) is 0 Å². The van der Waals surface area contributed by atoms with Crippen LogP contribution < -0.4 is 15.5 Å². The minimum atomic E-state index is -1.57. The normalized spacial score (nSPS) is 18.8. The maximum Gasteiger partial charge on any atom is 0.408 e. The zero-order valence-corrected chi connectivity index (χ0v) is 19.8. The second kappa shape index (κ2) is 11.2. The number of carboxylic acids is 1. The molecule has 0 saturated heterocycles. The number of benzene rings is 2. The Morgan fingerprint density at radius 2 is 1.81 bits per heavy atom. The molecule has 2 heterocycles. The van der Waals surface area contributed by atoms with E-state index in [4.69, 9.17) is 9.84 Å². The summed E-state index contributed by atoms with van der Waals surface area (Å²) in [5, 5.41) is 14.0. The lowest BCUT2D eigenvalue weighted by Gasteiger charge is -2.28. The van der Waals surface area contributed by atoms with Crippen LogP contribution in [0, 0.1) is 0 Å². The number of alkyl halides is 1. The third-order valence-electron chi connectivity index (χ3n) is 6.43. The van der Waals surface area contributed by atoms with E-state index in [9.17, 15) is 28.4 Å². The molecule has 3 N–H and O–H groups in total. The van der Waals surface area contributed by atoms with Gasteiger partial charge in [0.05, 0.1) is 12.1 Å². The molecule has 2 aliphatic rings. The maximum absolute atomic E-state index is 13.6. The minimum absolute atomic E-state index is 0.0142. The fourth-order valence-electron chi connectivity index (χ4n) is 4.66. The fourth-order valence-corrected chi connectivity index (χ4v) is 4.66. The monoisotopic (exact) mass is 511 g/mol. The van der Waals surface area contributed by atoms with Crippen molar-refractivity contribution in [2.45, 2.75) is 50.4 Å². The van der Waals surface area contributed by atoms with Crippen LogP contribution in [0.25, 0.3) is 0 Å². The highest BCUT2D eigenvalue weighted by molar-refractivity contribution is 6.08. The number of ether oxygens (including phenoxy) is 1. The van der Waals surface area contributed by atoms with Crippen molar-refractivity contribution in [2.75, 3.05) is 11.6 Å². The lowest BCUT2D eigenvalue weighted by atomic mass is 10.0. The molecule has 2 aromatic rings. The predicted octanol–water partition coefficient (Wildman–Crippen LogP) is 1.68. The second-order valence-electron chi connectivity index (χ2n) is 8.91.